The minimum Gasteiger partial charge on any atom is -0.309 e. The fourth-order valence-corrected chi connectivity index (χ4v) is 12.2. The van der Waals surface area contributed by atoms with E-state index in [0.717, 1.165) is 76.4 Å². The van der Waals surface area contributed by atoms with Crippen LogP contribution in [0.1, 0.15) is 0 Å². The summed E-state index contributed by atoms with van der Waals surface area (Å²) < 4.78 is 8.11. The fraction of sp³-hybridized carbons (Fsp3) is 0. The van der Waals surface area contributed by atoms with Crippen LogP contribution in [0.25, 0.3) is 137 Å². The smallest absolute Gasteiger partial charge is 0.235 e. The van der Waals surface area contributed by atoms with Crippen molar-refractivity contribution in [2.24, 2.45) is 0 Å². The van der Waals surface area contributed by atoms with Gasteiger partial charge in [-0.3, -0.25) is 4.57 Å². The first-order valence-electron chi connectivity index (χ1n) is 23.7. The Hall–Kier alpha value is -9.10. The Balaban J connectivity index is 0.975. The fourth-order valence-electron chi connectivity index (χ4n) is 11.1. The van der Waals surface area contributed by atoms with Gasteiger partial charge in [0.15, 0.2) is 0 Å². The lowest BCUT2D eigenvalue weighted by Gasteiger charge is -2.11. The van der Waals surface area contributed by atoms with E-state index in [1.807, 2.05) is 0 Å². The third-order valence-corrected chi connectivity index (χ3v) is 15.4. The second-order valence-corrected chi connectivity index (χ2v) is 19.2. The molecule has 5 nitrogen and oxygen atoms in total. The lowest BCUT2D eigenvalue weighted by molar-refractivity contribution is 1.02. The number of hydrogen-bond acceptors (Lipinski definition) is 3. The third kappa shape index (κ3) is 5.84. The van der Waals surface area contributed by atoms with Gasteiger partial charge in [0.25, 0.3) is 0 Å². The number of aromatic nitrogens is 5. The van der Waals surface area contributed by atoms with E-state index in [0.29, 0.717) is 5.95 Å². The molecule has 0 unspecified atom stereocenters. The molecule has 326 valence electrons. The first kappa shape index (κ1) is 38.9. The molecular formula is C64H39N5S. The van der Waals surface area contributed by atoms with E-state index in [9.17, 15) is 0 Å². The van der Waals surface area contributed by atoms with E-state index in [4.69, 9.17) is 9.97 Å². The van der Waals surface area contributed by atoms with E-state index < -0.39 is 0 Å². The molecule has 0 fully saturated rings. The maximum Gasteiger partial charge on any atom is 0.235 e. The summed E-state index contributed by atoms with van der Waals surface area (Å²) in [6.07, 6.45) is 0. The van der Waals surface area contributed by atoms with Gasteiger partial charge in [-0.1, -0.05) is 158 Å². The van der Waals surface area contributed by atoms with Crippen LogP contribution in [0.4, 0.5) is 0 Å². The summed E-state index contributed by atoms with van der Waals surface area (Å²) in [4.78, 5) is 12.4. The van der Waals surface area contributed by atoms with Crippen LogP contribution >= 0.6 is 11.3 Å². The topological polar surface area (TPSA) is 40.6 Å². The van der Waals surface area contributed by atoms with Gasteiger partial charge in [0.05, 0.1) is 49.0 Å². The summed E-state index contributed by atoms with van der Waals surface area (Å²) in [6, 6.07) is 85.6. The van der Waals surface area contributed by atoms with Crippen molar-refractivity contribution in [3.8, 4) is 50.1 Å². The Morgan fingerprint density at radius 3 is 1.59 bits per heavy atom. The van der Waals surface area contributed by atoms with E-state index in [1.54, 1.807) is 11.3 Å². The molecule has 0 spiro atoms. The first-order valence-corrected chi connectivity index (χ1v) is 24.5. The van der Waals surface area contributed by atoms with Gasteiger partial charge in [-0.05, 0) is 106 Å². The predicted octanol–water partition coefficient (Wildman–Crippen LogP) is 17.1. The van der Waals surface area contributed by atoms with Gasteiger partial charge in [-0.2, -0.15) is 0 Å². The summed E-state index contributed by atoms with van der Waals surface area (Å²) in [6.45, 7) is 0. The van der Waals surface area contributed by atoms with Gasteiger partial charge in [0, 0.05) is 54.1 Å². The molecule has 0 aliphatic heterocycles. The van der Waals surface area contributed by atoms with Crippen LogP contribution in [0.2, 0.25) is 0 Å². The molecule has 5 aromatic heterocycles. The van der Waals surface area contributed by atoms with Crippen LogP contribution in [-0.4, -0.2) is 23.7 Å². The zero-order chi connectivity index (χ0) is 45.9. The Morgan fingerprint density at radius 2 is 0.843 bits per heavy atom. The molecule has 0 aliphatic rings. The summed E-state index contributed by atoms with van der Waals surface area (Å²) >= 11 is 1.76. The van der Waals surface area contributed by atoms with Crippen molar-refractivity contribution in [2.45, 2.75) is 0 Å². The van der Waals surface area contributed by atoms with Crippen LogP contribution in [-0.2, 0) is 0 Å². The minimum atomic E-state index is 0.642. The Kier molecular flexibility index (Phi) is 8.46. The normalized spacial score (nSPS) is 12.0. The Labute approximate surface area is 406 Å². The maximum atomic E-state index is 5.68. The van der Waals surface area contributed by atoms with Crippen molar-refractivity contribution in [1.82, 2.24) is 23.7 Å². The molecule has 0 saturated carbocycles. The average Bonchev–Trinajstić information content (AvgIpc) is 4.19. The van der Waals surface area contributed by atoms with Gasteiger partial charge in [-0.25, -0.2) is 9.97 Å². The molecule has 10 aromatic carbocycles. The minimum absolute atomic E-state index is 0.642. The lowest BCUT2D eigenvalue weighted by Crippen LogP contribution is -2.02. The number of para-hydroxylation sites is 4. The van der Waals surface area contributed by atoms with Gasteiger partial charge in [0.1, 0.15) is 0 Å². The zero-order valence-corrected chi connectivity index (χ0v) is 38.5. The number of rotatable bonds is 6. The van der Waals surface area contributed by atoms with Crippen LogP contribution < -0.4 is 0 Å². The molecular weight excluding hydrogens is 871 g/mol. The molecule has 0 radical (unpaired) electrons. The van der Waals surface area contributed by atoms with E-state index >= 15 is 0 Å². The highest BCUT2D eigenvalue weighted by atomic mass is 32.1. The second kappa shape index (κ2) is 15.2. The summed E-state index contributed by atoms with van der Waals surface area (Å²) in [5.74, 6) is 0.642. The van der Waals surface area contributed by atoms with E-state index in [2.05, 4.69) is 250 Å². The summed E-state index contributed by atoms with van der Waals surface area (Å²) in [5.41, 5.74) is 15.5. The molecule has 70 heavy (non-hydrogen) atoms. The van der Waals surface area contributed by atoms with Crippen molar-refractivity contribution in [3.05, 3.63) is 237 Å². The van der Waals surface area contributed by atoms with E-state index in [-0.39, 0.29) is 0 Å². The van der Waals surface area contributed by atoms with E-state index in [1.165, 1.54) is 54.3 Å². The summed E-state index contributed by atoms with van der Waals surface area (Å²) in [7, 11) is 0. The first-order chi connectivity index (χ1) is 34.7. The largest absolute Gasteiger partial charge is 0.309 e. The predicted molar refractivity (Wildman–Crippen MR) is 294 cm³/mol. The van der Waals surface area contributed by atoms with Crippen molar-refractivity contribution >= 4 is 97.7 Å². The number of nitrogens with zero attached hydrogens (tertiary/aromatic N) is 5. The Morgan fingerprint density at radius 1 is 0.314 bits per heavy atom. The monoisotopic (exact) mass is 909 g/mol. The molecule has 6 heteroatoms. The molecule has 0 N–H and O–H groups in total. The molecule has 0 saturated heterocycles. The highest BCUT2D eigenvalue weighted by molar-refractivity contribution is 7.22. The standard InChI is InChI=1S/C64H39N5S/c1-4-17-41(18-5-1)60-39-53-63(70-60)62(44-31-34-56-51(37-44)49-25-13-15-27-55(49)67(56)45-19-6-2-7-20-45)66-64(65-53)69-57-33-30-42(36-52(57)61-47-23-11-10-16-40(47)29-35-58(61)69)43-28-32-50-48-24-12-14-26-54(48)68(59(50)38-43)46-21-8-3-9-22-46/h1-39H. The van der Waals surface area contributed by atoms with Crippen molar-refractivity contribution < 1.29 is 0 Å². The molecule has 5 heterocycles. The van der Waals surface area contributed by atoms with Gasteiger partial charge in [-0.15, -0.1) is 11.3 Å². The molecule has 0 amide bonds. The molecule has 0 aliphatic carbocycles. The summed E-state index contributed by atoms with van der Waals surface area (Å²) in [5, 5.41) is 9.60. The van der Waals surface area contributed by atoms with Crippen molar-refractivity contribution in [2.75, 3.05) is 0 Å². The van der Waals surface area contributed by atoms with Crippen LogP contribution in [0.15, 0.2) is 237 Å². The quantitative estimate of drug-likeness (QED) is 0.167. The molecule has 15 aromatic rings. The lowest BCUT2D eigenvalue weighted by atomic mass is 9.99. The van der Waals surface area contributed by atoms with Gasteiger partial charge < -0.3 is 9.13 Å². The van der Waals surface area contributed by atoms with Crippen LogP contribution in [0, 0.1) is 0 Å². The highest BCUT2D eigenvalue weighted by Gasteiger charge is 2.23. The number of fused-ring (bicyclic) bond motifs is 12. The molecule has 0 bridgehead atoms. The Bertz CT molecular complexity index is 4580. The number of thiophene rings is 1. The van der Waals surface area contributed by atoms with Crippen LogP contribution in [0.3, 0.4) is 0 Å². The van der Waals surface area contributed by atoms with Crippen LogP contribution in [0.5, 0.6) is 0 Å². The zero-order valence-electron chi connectivity index (χ0n) is 37.7. The maximum absolute atomic E-state index is 5.68. The average molecular weight is 910 g/mol. The number of benzene rings is 10. The third-order valence-electron chi connectivity index (χ3n) is 14.3. The van der Waals surface area contributed by atoms with Gasteiger partial charge in [0.2, 0.25) is 5.95 Å². The molecule has 0 atom stereocenters. The van der Waals surface area contributed by atoms with Crippen molar-refractivity contribution in [1.29, 1.82) is 0 Å². The second-order valence-electron chi connectivity index (χ2n) is 18.2. The molecule has 15 rings (SSSR count). The van der Waals surface area contributed by atoms with Gasteiger partial charge >= 0.3 is 0 Å². The highest BCUT2D eigenvalue weighted by Crippen LogP contribution is 2.44. The number of hydrogen-bond donors (Lipinski definition) is 0. The van der Waals surface area contributed by atoms with Crippen molar-refractivity contribution in [3.63, 3.8) is 0 Å². The SMILES string of the molecule is c1ccc(-c2cc3nc(-n4c5ccc(-c6ccc7c8ccccc8n(-c8ccccc8)c7c6)cc5c5c6ccccc6ccc54)nc(-c4ccc5c(c4)c4ccccc4n5-c4ccccc4)c3s2)cc1.